The largest absolute Gasteiger partial charge is 0.495 e. The first-order chi connectivity index (χ1) is 14.8. The number of methoxy groups -OCH3 is 1. The van der Waals surface area contributed by atoms with E-state index in [1.807, 2.05) is 54.9 Å². The number of carbonyl (C=O) groups is 1. The summed E-state index contributed by atoms with van der Waals surface area (Å²) in [6.07, 6.45) is 3.42. The Morgan fingerprint density at radius 2 is 1.81 bits per heavy atom. The highest BCUT2D eigenvalue weighted by Gasteiger charge is 2.38. The van der Waals surface area contributed by atoms with Gasteiger partial charge in [-0.25, -0.2) is 0 Å². The first-order valence-electron chi connectivity index (χ1n) is 10.1. The molecular weight excluding hydrogens is 408 g/mol. The Morgan fingerprint density at radius 3 is 2.52 bits per heavy atom. The van der Waals surface area contributed by atoms with Gasteiger partial charge in [0.2, 0.25) is 0 Å². The smallest absolute Gasteiger partial charge is 0.196 e. The third kappa shape index (κ3) is 3.74. The van der Waals surface area contributed by atoms with Crippen LogP contribution in [0, 0.1) is 0 Å². The molecule has 0 saturated heterocycles. The van der Waals surface area contributed by atoms with Crippen LogP contribution in [0.2, 0.25) is 0 Å². The van der Waals surface area contributed by atoms with E-state index in [1.54, 1.807) is 19.5 Å². The number of aromatic nitrogens is 3. The molecule has 0 aliphatic carbocycles. The molecule has 0 radical (unpaired) electrons. The Balaban J connectivity index is 1.58. The van der Waals surface area contributed by atoms with Gasteiger partial charge in [0.15, 0.2) is 10.9 Å². The first kappa shape index (κ1) is 21.2. The molecule has 1 aliphatic rings. The Labute approximate surface area is 186 Å². The number of likely N-dealkylation sites (N-methyl/N-ethyl adjacent to an activating group) is 1. The van der Waals surface area contributed by atoms with E-state index >= 15 is 0 Å². The van der Waals surface area contributed by atoms with Crippen molar-refractivity contribution in [3.8, 4) is 11.4 Å². The molecule has 31 heavy (non-hydrogen) atoms. The minimum Gasteiger partial charge on any atom is -0.495 e. The Bertz CT molecular complexity index is 1150. The van der Waals surface area contributed by atoms with Gasteiger partial charge >= 0.3 is 0 Å². The Kier molecular flexibility index (Phi) is 5.62. The highest BCUT2D eigenvalue weighted by atomic mass is 32.2. The fourth-order valence-corrected chi connectivity index (χ4v) is 4.88. The molecule has 0 fully saturated rings. The summed E-state index contributed by atoms with van der Waals surface area (Å²) >= 11 is 1.39. The zero-order chi connectivity index (χ0) is 22.2. The van der Waals surface area contributed by atoms with Crippen LogP contribution in [0.15, 0.2) is 71.8 Å². The lowest BCUT2D eigenvalue weighted by atomic mass is 9.83. The van der Waals surface area contributed by atoms with Crippen molar-refractivity contribution in [2.24, 2.45) is 0 Å². The Hall–Kier alpha value is -3.06. The van der Waals surface area contributed by atoms with Crippen LogP contribution >= 0.6 is 11.8 Å². The predicted molar refractivity (Wildman–Crippen MR) is 124 cm³/mol. The highest BCUT2D eigenvalue weighted by molar-refractivity contribution is 8.00. The topological polar surface area (TPSA) is 60.2 Å². The first-order valence-corrected chi connectivity index (χ1v) is 11.0. The second-order valence-electron chi connectivity index (χ2n) is 8.05. The molecule has 1 aliphatic heterocycles. The number of hydrogen-bond acceptors (Lipinski definition) is 6. The average Bonchev–Trinajstić information content (AvgIpc) is 3.30. The molecule has 2 aromatic carbocycles. The zero-order valence-electron chi connectivity index (χ0n) is 18.4. The van der Waals surface area contributed by atoms with Crippen LogP contribution in [-0.2, 0) is 10.2 Å². The van der Waals surface area contributed by atoms with E-state index < -0.39 is 0 Å². The average molecular weight is 435 g/mol. The van der Waals surface area contributed by atoms with E-state index in [0.717, 1.165) is 22.8 Å². The van der Waals surface area contributed by atoms with Crippen molar-refractivity contribution in [1.29, 1.82) is 0 Å². The van der Waals surface area contributed by atoms with Gasteiger partial charge in [0.1, 0.15) is 12.1 Å². The number of anilines is 1. The van der Waals surface area contributed by atoms with Crippen LogP contribution in [0.1, 0.15) is 26.3 Å². The van der Waals surface area contributed by atoms with Crippen molar-refractivity contribution in [2.45, 2.75) is 36.6 Å². The van der Waals surface area contributed by atoms with Gasteiger partial charge in [-0.2, -0.15) is 0 Å². The van der Waals surface area contributed by atoms with Crippen molar-refractivity contribution in [1.82, 2.24) is 14.8 Å². The van der Waals surface area contributed by atoms with E-state index in [4.69, 9.17) is 4.74 Å². The van der Waals surface area contributed by atoms with Gasteiger partial charge in [0.05, 0.1) is 18.0 Å². The maximum atomic E-state index is 13.2. The minimum absolute atomic E-state index is 0.0438. The fourth-order valence-electron chi connectivity index (χ4n) is 4.03. The summed E-state index contributed by atoms with van der Waals surface area (Å²) in [5.41, 5.74) is 3.97. The van der Waals surface area contributed by atoms with Crippen LogP contribution in [0.4, 0.5) is 5.69 Å². The number of hydrogen-bond donors (Lipinski definition) is 0. The van der Waals surface area contributed by atoms with E-state index in [1.165, 1.54) is 17.3 Å². The van der Waals surface area contributed by atoms with Gasteiger partial charge in [0.25, 0.3) is 0 Å². The fraction of sp³-hybridized carbons (Fsp3) is 0.292. The maximum absolute atomic E-state index is 13.2. The van der Waals surface area contributed by atoms with Crippen molar-refractivity contribution in [3.63, 3.8) is 0 Å². The third-order valence-electron chi connectivity index (χ3n) is 5.76. The predicted octanol–water partition coefficient (Wildman–Crippen LogP) is 4.64. The van der Waals surface area contributed by atoms with Crippen LogP contribution < -0.4 is 9.64 Å². The monoisotopic (exact) mass is 434 g/mol. The summed E-state index contributed by atoms with van der Waals surface area (Å²) in [6.45, 7) is 6.22. The van der Waals surface area contributed by atoms with Crippen LogP contribution in [-0.4, -0.2) is 40.0 Å². The lowest BCUT2D eigenvalue weighted by Gasteiger charge is -2.24. The number of allylic oxidation sites excluding steroid dienone is 2. The summed E-state index contributed by atoms with van der Waals surface area (Å²) < 4.78 is 7.31. The number of para-hydroxylation sites is 3. The van der Waals surface area contributed by atoms with Gasteiger partial charge in [0, 0.05) is 29.9 Å². The number of carbonyl (C=O) groups excluding carboxylic acids is 1. The molecule has 2 heterocycles. The molecule has 0 N–H and O–H groups in total. The molecule has 0 amide bonds. The molecule has 1 atom stereocenters. The molecule has 6 nitrogen and oxygen atoms in total. The number of rotatable bonds is 6. The van der Waals surface area contributed by atoms with Crippen LogP contribution in [0.3, 0.4) is 0 Å². The molecule has 1 aromatic heterocycles. The summed E-state index contributed by atoms with van der Waals surface area (Å²) in [5, 5.41) is 8.61. The van der Waals surface area contributed by atoms with Gasteiger partial charge in [-0.05, 0) is 30.7 Å². The lowest BCUT2D eigenvalue weighted by molar-refractivity contribution is -0.114. The standard InChI is InChI=1S/C24H26N4O2S/c1-16(31-23-26-25-15-28(23)19-12-8-9-13-21(19)30-5)20(29)14-22-24(2,3)17-10-6-7-11-18(17)27(22)4/h6-16H,1-5H3/b22-14+. The summed E-state index contributed by atoms with van der Waals surface area (Å²) in [4.78, 5) is 15.3. The molecule has 160 valence electrons. The van der Waals surface area contributed by atoms with Crippen LogP contribution in [0.5, 0.6) is 5.75 Å². The van der Waals surface area contributed by atoms with Crippen molar-refractivity contribution in [2.75, 3.05) is 19.1 Å². The molecule has 4 rings (SSSR count). The maximum Gasteiger partial charge on any atom is 0.196 e. The number of benzene rings is 2. The number of ketones is 1. The lowest BCUT2D eigenvalue weighted by Crippen LogP contribution is -2.25. The highest BCUT2D eigenvalue weighted by Crippen LogP contribution is 2.46. The molecule has 7 heteroatoms. The van der Waals surface area contributed by atoms with Crippen LogP contribution in [0.25, 0.3) is 5.69 Å². The molecule has 3 aromatic rings. The molecule has 0 saturated carbocycles. The molecular formula is C24H26N4O2S. The number of fused-ring (bicyclic) bond motifs is 1. The van der Waals surface area contributed by atoms with Crippen molar-refractivity contribution >= 4 is 23.2 Å². The van der Waals surface area contributed by atoms with E-state index in [0.29, 0.717) is 5.16 Å². The SMILES string of the molecule is COc1ccccc1-n1cnnc1SC(C)C(=O)/C=C1/N(C)c2ccccc2C1(C)C. The molecule has 0 spiro atoms. The second kappa shape index (κ2) is 8.23. The van der Waals surface area contributed by atoms with Gasteiger partial charge in [-0.3, -0.25) is 9.36 Å². The summed E-state index contributed by atoms with van der Waals surface area (Å²) in [7, 11) is 3.65. The zero-order valence-corrected chi connectivity index (χ0v) is 19.2. The van der Waals surface area contributed by atoms with Crippen molar-refractivity contribution < 1.29 is 9.53 Å². The van der Waals surface area contributed by atoms with E-state index in [9.17, 15) is 4.79 Å². The summed E-state index contributed by atoms with van der Waals surface area (Å²) in [6, 6.07) is 16.0. The number of nitrogens with zero attached hydrogens (tertiary/aromatic N) is 4. The normalized spacial score (nSPS) is 16.9. The number of ether oxygens (including phenoxy) is 1. The minimum atomic E-state index is -0.321. The number of thioether (sulfide) groups is 1. The van der Waals surface area contributed by atoms with Crippen molar-refractivity contribution in [3.05, 3.63) is 72.2 Å². The third-order valence-corrected chi connectivity index (χ3v) is 6.84. The van der Waals surface area contributed by atoms with Gasteiger partial charge in [-0.15, -0.1) is 10.2 Å². The molecule has 0 bridgehead atoms. The summed E-state index contributed by atoms with van der Waals surface area (Å²) in [5.74, 6) is 0.764. The van der Waals surface area contributed by atoms with Gasteiger partial charge in [-0.1, -0.05) is 55.9 Å². The van der Waals surface area contributed by atoms with E-state index in [2.05, 4.69) is 41.1 Å². The quantitative estimate of drug-likeness (QED) is 0.416. The van der Waals surface area contributed by atoms with Gasteiger partial charge < -0.3 is 9.64 Å². The molecule has 1 unspecified atom stereocenters. The second-order valence-corrected chi connectivity index (χ2v) is 9.36. The Morgan fingerprint density at radius 1 is 1.13 bits per heavy atom. The van der Waals surface area contributed by atoms with E-state index in [-0.39, 0.29) is 16.4 Å².